The lowest BCUT2D eigenvalue weighted by Gasteiger charge is -2.31. The van der Waals surface area contributed by atoms with Crippen molar-refractivity contribution < 1.29 is 9.63 Å². The average Bonchev–Trinajstić information content (AvgIpc) is 2.29. The molecule has 2 aliphatic heterocycles. The summed E-state index contributed by atoms with van der Waals surface area (Å²) in [5, 5.41) is 4.64. The SMILES string of the molecule is CN1OC2(CCNCC2)CC1=O. The standard InChI is InChI=1S/C8H14N2O2/c1-10-7(11)6-8(12-10)2-4-9-5-3-8/h9H,2-6H2,1H3. The molecule has 0 aromatic carbocycles. The van der Waals surface area contributed by atoms with E-state index in [1.807, 2.05) is 0 Å². The molecule has 0 saturated carbocycles. The van der Waals surface area contributed by atoms with Gasteiger partial charge in [0.2, 0.25) is 5.91 Å². The lowest BCUT2D eigenvalue weighted by molar-refractivity contribution is -0.194. The number of nitrogens with zero attached hydrogens (tertiary/aromatic N) is 1. The molecule has 0 bridgehead atoms. The molecule has 1 spiro atoms. The van der Waals surface area contributed by atoms with Crippen LogP contribution in [0.3, 0.4) is 0 Å². The Hall–Kier alpha value is -0.610. The molecule has 0 atom stereocenters. The molecule has 1 N–H and O–H groups in total. The minimum Gasteiger partial charge on any atom is -0.317 e. The number of hydrogen-bond donors (Lipinski definition) is 1. The van der Waals surface area contributed by atoms with Gasteiger partial charge in [-0.05, 0) is 25.9 Å². The number of piperidine rings is 1. The molecule has 2 rings (SSSR count). The van der Waals surface area contributed by atoms with E-state index in [0.717, 1.165) is 25.9 Å². The maximum Gasteiger partial charge on any atom is 0.248 e. The van der Waals surface area contributed by atoms with Crippen molar-refractivity contribution in [2.45, 2.75) is 24.9 Å². The monoisotopic (exact) mass is 170 g/mol. The van der Waals surface area contributed by atoms with E-state index in [9.17, 15) is 4.79 Å². The Balaban J connectivity index is 2.07. The molecule has 4 nitrogen and oxygen atoms in total. The van der Waals surface area contributed by atoms with Crippen LogP contribution in [0.15, 0.2) is 0 Å². The summed E-state index contributed by atoms with van der Waals surface area (Å²) in [5.41, 5.74) is -0.170. The Bertz CT molecular complexity index is 199. The first-order chi connectivity index (χ1) is 5.72. The molecule has 0 aliphatic carbocycles. The molecule has 68 valence electrons. The van der Waals surface area contributed by atoms with Crippen molar-refractivity contribution in [3.63, 3.8) is 0 Å². The van der Waals surface area contributed by atoms with Gasteiger partial charge in [0.15, 0.2) is 0 Å². The van der Waals surface area contributed by atoms with Gasteiger partial charge in [-0.3, -0.25) is 9.63 Å². The Morgan fingerprint density at radius 1 is 1.50 bits per heavy atom. The van der Waals surface area contributed by atoms with Crippen molar-refractivity contribution in [2.75, 3.05) is 20.1 Å². The van der Waals surface area contributed by atoms with Gasteiger partial charge in [0.25, 0.3) is 0 Å². The van der Waals surface area contributed by atoms with Gasteiger partial charge in [0, 0.05) is 7.05 Å². The molecule has 0 aromatic heterocycles. The zero-order chi connectivity index (χ0) is 8.60. The van der Waals surface area contributed by atoms with Crippen LogP contribution in [0.25, 0.3) is 0 Å². The van der Waals surface area contributed by atoms with E-state index in [-0.39, 0.29) is 11.5 Å². The average molecular weight is 170 g/mol. The first-order valence-electron chi connectivity index (χ1n) is 4.38. The van der Waals surface area contributed by atoms with Gasteiger partial charge in [-0.1, -0.05) is 0 Å². The summed E-state index contributed by atoms with van der Waals surface area (Å²) in [5.74, 6) is 0.108. The molecule has 0 aromatic rings. The van der Waals surface area contributed by atoms with Crippen molar-refractivity contribution >= 4 is 5.91 Å². The third-order valence-corrected chi connectivity index (χ3v) is 2.67. The van der Waals surface area contributed by atoms with Gasteiger partial charge in [-0.15, -0.1) is 0 Å². The van der Waals surface area contributed by atoms with Crippen LogP contribution in [0.5, 0.6) is 0 Å². The summed E-state index contributed by atoms with van der Waals surface area (Å²) in [4.78, 5) is 16.8. The largest absolute Gasteiger partial charge is 0.317 e. The summed E-state index contributed by atoms with van der Waals surface area (Å²) in [6.45, 7) is 1.92. The highest BCUT2D eigenvalue weighted by Crippen LogP contribution is 2.33. The van der Waals surface area contributed by atoms with Crippen LogP contribution in [0.4, 0.5) is 0 Å². The predicted molar refractivity (Wildman–Crippen MR) is 43.3 cm³/mol. The number of nitrogens with one attached hydrogen (secondary N) is 1. The fraction of sp³-hybridized carbons (Fsp3) is 0.875. The highest BCUT2D eigenvalue weighted by atomic mass is 16.7. The second-order valence-electron chi connectivity index (χ2n) is 3.59. The fourth-order valence-corrected chi connectivity index (χ4v) is 1.91. The van der Waals surface area contributed by atoms with Crippen molar-refractivity contribution in [1.29, 1.82) is 0 Å². The Morgan fingerprint density at radius 3 is 2.67 bits per heavy atom. The van der Waals surface area contributed by atoms with Gasteiger partial charge in [0.1, 0.15) is 5.60 Å². The maximum atomic E-state index is 11.2. The normalized spacial score (nSPS) is 28.4. The summed E-state index contributed by atoms with van der Waals surface area (Å²) >= 11 is 0. The van der Waals surface area contributed by atoms with Crippen LogP contribution in [0.2, 0.25) is 0 Å². The summed E-state index contributed by atoms with van der Waals surface area (Å²) in [7, 11) is 1.69. The third kappa shape index (κ3) is 1.21. The minimum atomic E-state index is -0.170. The Labute approximate surface area is 71.8 Å². The Kier molecular flexibility index (Phi) is 1.81. The van der Waals surface area contributed by atoms with Gasteiger partial charge >= 0.3 is 0 Å². The van der Waals surface area contributed by atoms with Gasteiger partial charge in [-0.25, -0.2) is 5.06 Å². The second-order valence-corrected chi connectivity index (χ2v) is 3.59. The van der Waals surface area contributed by atoms with Gasteiger partial charge in [-0.2, -0.15) is 0 Å². The smallest absolute Gasteiger partial charge is 0.248 e. The topological polar surface area (TPSA) is 41.6 Å². The van der Waals surface area contributed by atoms with E-state index >= 15 is 0 Å². The van der Waals surface area contributed by atoms with E-state index in [4.69, 9.17) is 4.84 Å². The summed E-state index contributed by atoms with van der Waals surface area (Å²) < 4.78 is 0. The first-order valence-corrected chi connectivity index (χ1v) is 4.38. The number of amides is 1. The molecule has 0 radical (unpaired) electrons. The van der Waals surface area contributed by atoms with Crippen molar-refractivity contribution in [3.8, 4) is 0 Å². The lowest BCUT2D eigenvalue weighted by atomic mass is 9.90. The minimum absolute atomic E-state index is 0.108. The molecule has 0 unspecified atom stereocenters. The number of rotatable bonds is 0. The van der Waals surface area contributed by atoms with E-state index in [1.54, 1.807) is 7.05 Å². The first kappa shape index (κ1) is 8.01. The zero-order valence-electron chi connectivity index (χ0n) is 7.30. The highest BCUT2D eigenvalue weighted by Gasteiger charge is 2.44. The van der Waals surface area contributed by atoms with Gasteiger partial charge < -0.3 is 5.32 Å². The van der Waals surface area contributed by atoms with Crippen LogP contribution in [-0.4, -0.2) is 36.7 Å². The fourth-order valence-electron chi connectivity index (χ4n) is 1.91. The predicted octanol–water partition coefficient (Wildman–Crippen LogP) is -0.0977. The van der Waals surface area contributed by atoms with E-state index in [0.29, 0.717) is 6.42 Å². The number of carbonyl (C=O) groups is 1. The van der Waals surface area contributed by atoms with Crippen molar-refractivity contribution in [2.24, 2.45) is 0 Å². The zero-order valence-corrected chi connectivity index (χ0v) is 7.30. The molecular weight excluding hydrogens is 156 g/mol. The van der Waals surface area contributed by atoms with E-state index in [2.05, 4.69) is 5.32 Å². The van der Waals surface area contributed by atoms with Crippen molar-refractivity contribution in [3.05, 3.63) is 0 Å². The summed E-state index contributed by atoms with van der Waals surface area (Å²) in [6, 6.07) is 0. The lowest BCUT2D eigenvalue weighted by Crippen LogP contribution is -2.42. The number of carbonyl (C=O) groups excluding carboxylic acids is 1. The molecule has 2 saturated heterocycles. The second kappa shape index (κ2) is 2.71. The molecular formula is C8H14N2O2. The van der Waals surface area contributed by atoms with Crippen LogP contribution in [0, 0.1) is 0 Å². The molecule has 12 heavy (non-hydrogen) atoms. The third-order valence-electron chi connectivity index (χ3n) is 2.67. The molecule has 1 amide bonds. The van der Waals surface area contributed by atoms with Crippen LogP contribution in [-0.2, 0) is 9.63 Å². The molecule has 4 heteroatoms. The summed E-state index contributed by atoms with van der Waals surface area (Å²) in [6.07, 6.45) is 2.46. The molecule has 2 aliphatic rings. The van der Waals surface area contributed by atoms with E-state index < -0.39 is 0 Å². The maximum absolute atomic E-state index is 11.2. The number of hydroxylamine groups is 2. The van der Waals surface area contributed by atoms with Crippen molar-refractivity contribution in [1.82, 2.24) is 10.4 Å². The van der Waals surface area contributed by atoms with Crippen LogP contribution in [0.1, 0.15) is 19.3 Å². The quantitative estimate of drug-likeness (QED) is 0.552. The van der Waals surface area contributed by atoms with Crippen LogP contribution < -0.4 is 5.32 Å². The van der Waals surface area contributed by atoms with E-state index in [1.165, 1.54) is 5.06 Å². The molecule has 2 fully saturated rings. The number of hydrogen-bond acceptors (Lipinski definition) is 3. The van der Waals surface area contributed by atoms with Gasteiger partial charge in [0.05, 0.1) is 6.42 Å². The highest BCUT2D eigenvalue weighted by molar-refractivity contribution is 5.77. The Morgan fingerprint density at radius 2 is 2.17 bits per heavy atom. The van der Waals surface area contributed by atoms with Crippen LogP contribution >= 0.6 is 0 Å². The molecule has 2 heterocycles.